The number of nitrogens with zero attached hydrogens (tertiary/aromatic N) is 1. The topological polar surface area (TPSA) is 69.6 Å². The summed E-state index contributed by atoms with van der Waals surface area (Å²) in [7, 11) is -1.77. The summed E-state index contributed by atoms with van der Waals surface area (Å²) in [6.45, 7) is 4.17. The number of nitrogens with one attached hydrogen (secondary N) is 1. The number of aliphatic hydroxyl groups is 1. The average molecular weight is 264 g/mol. The first-order chi connectivity index (χ1) is 7.83. The van der Waals surface area contributed by atoms with Gasteiger partial charge in [0.05, 0.1) is 6.10 Å². The zero-order valence-corrected chi connectivity index (χ0v) is 11.7. The Bertz CT molecular complexity index is 322. The van der Waals surface area contributed by atoms with E-state index in [1.165, 1.54) is 4.31 Å². The molecule has 0 aromatic carbocycles. The highest BCUT2D eigenvalue weighted by atomic mass is 32.2. The van der Waals surface area contributed by atoms with Gasteiger partial charge in [-0.15, -0.1) is 0 Å². The Labute approximate surface area is 104 Å². The van der Waals surface area contributed by atoms with Crippen molar-refractivity contribution in [3.63, 3.8) is 0 Å². The highest BCUT2D eigenvalue weighted by Gasteiger charge is 2.24. The summed E-state index contributed by atoms with van der Waals surface area (Å²) in [5, 5.41) is 9.37. The lowest BCUT2D eigenvalue weighted by atomic mass is 9.88. The third kappa shape index (κ3) is 4.54. The summed E-state index contributed by atoms with van der Waals surface area (Å²) in [5.41, 5.74) is 0. The Morgan fingerprint density at radius 2 is 1.82 bits per heavy atom. The van der Waals surface area contributed by atoms with Gasteiger partial charge in [-0.3, -0.25) is 0 Å². The lowest BCUT2D eigenvalue weighted by Crippen LogP contribution is -2.43. The minimum atomic E-state index is -3.35. The fourth-order valence-corrected chi connectivity index (χ4v) is 3.16. The molecule has 0 unspecified atom stereocenters. The van der Waals surface area contributed by atoms with Crippen molar-refractivity contribution in [3.05, 3.63) is 0 Å². The van der Waals surface area contributed by atoms with Crippen LogP contribution in [0.1, 0.15) is 39.5 Å². The molecule has 6 heteroatoms. The van der Waals surface area contributed by atoms with Crippen LogP contribution in [0.4, 0.5) is 0 Å². The molecule has 0 radical (unpaired) electrons. The van der Waals surface area contributed by atoms with E-state index >= 15 is 0 Å². The van der Waals surface area contributed by atoms with Crippen molar-refractivity contribution in [2.45, 2.75) is 51.7 Å². The van der Waals surface area contributed by atoms with Crippen LogP contribution in [0.2, 0.25) is 0 Å². The van der Waals surface area contributed by atoms with Crippen molar-refractivity contribution in [3.8, 4) is 0 Å². The van der Waals surface area contributed by atoms with Crippen LogP contribution in [0.25, 0.3) is 0 Å². The Balaban J connectivity index is 2.40. The molecule has 1 rings (SSSR count). The lowest BCUT2D eigenvalue weighted by molar-refractivity contribution is 0.109. The van der Waals surface area contributed by atoms with Gasteiger partial charge in [0.15, 0.2) is 0 Å². The Kier molecular flexibility index (Phi) is 5.37. The average Bonchev–Trinajstić information content (AvgIpc) is 2.27. The zero-order valence-electron chi connectivity index (χ0n) is 10.9. The minimum absolute atomic E-state index is 0.0410. The van der Waals surface area contributed by atoms with Gasteiger partial charge in [-0.05, 0) is 45.4 Å². The molecule has 5 nitrogen and oxygen atoms in total. The summed E-state index contributed by atoms with van der Waals surface area (Å²) < 4.78 is 27.7. The maximum absolute atomic E-state index is 11.8. The van der Waals surface area contributed by atoms with Crippen molar-refractivity contribution in [2.75, 3.05) is 13.6 Å². The van der Waals surface area contributed by atoms with E-state index in [-0.39, 0.29) is 12.1 Å². The first kappa shape index (κ1) is 14.9. The molecule has 0 aliphatic heterocycles. The second kappa shape index (κ2) is 6.13. The van der Waals surface area contributed by atoms with E-state index in [4.69, 9.17) is 0 Å². The molecule has 1 saturated carbocycles. The molecule has 0 spiro atoms. The molecule has 0 aromatic rings. The Hall–Kier alpha value is -0.170. The first-order valence-electron chi connectivity index (χ1n) is 6.23. The van der Waals surface area contributed by atoms with E-state index < -0.39 is 10.2 Å². The van der Waals surface area contributed by atoms with E-state index in [2.05, 4.69) is 4.72 Å². The highest BCUT2D eigenvalue weighted by Crippen LogP contribution is 2.23. The third-order valence-electron chi connectivity index (χ3n) is 3.48. The maximum Gasteiger partial charge on any atom is 0.279 e. The lowest BCUT2D eigenvalue weighted by Gasteiger charge is -2.27. The molecule has 0 bridgehead atoms. The predicted octanol–water partition coefficient (Wildman–Crippen LogP) is 0.712. The van der Waals surface area contributed by atoms with Gasteiger partial charge in [0.25, 0.3) is 10.2 Å². The van der Waals surface area contributed by atoms with E-state index in [0.717, 1.165) is 25.7 Å². The van der Waals surface area contributed by atoms with Gasteiger partial charge in [-0.25, -0.2) is 4.72 Å². The number of hydrogen-bond donors (Lipinski definition) is 2. The fraction of sp³-hybridized carbons (Fsp3) is 1.00. The summed E-state index contributed by atoms with van der Waals surface area (Å²) in [4.78, 5) is 0. The molecule has 0 heterocycles. The standard InChI is InChI=1S/C11H24N2O3S/c1-9(2)13(3)17(15,16)12-8-10-4-6-11(14)7-5-10/h9-12,14H,4-8H2,1-3H3. The van der Waals surface area contributed by atoms with Crippen molar-refractivity contribution < 1.29 is 13.5 Å². The van der Waals surface area contributed by atoms with Gasteiger partial charge in [0, 0.05) is 19.6 Å². The van der Waals surface area contributed by atoms with Crippen LogP contribution in [0.5, 0.6) is 0 Å². The minimum Gasteiger partial charge on any atom is -0.393 e. The quantitative estimate of drug-likeness (QED) is 0.768. The van der Waals surface area contributed by atoms with E-state index in [1.54, 1.807) is 7.05 Å². The molecular formula is C11H24N2O3S. The first-order valence-corrected chi connectivity index (χ1v) is 7.67. The van der Waals surface area contributed by atoms with Gasteiger partial charge in [-0.1, -0.05) is 0 Å². The summed E-state index contributed by atoms with van der Waals surface area (Å²) in [6, 6.07) is -0.0410. The van der Waals surface area contributed by atoms with Crippen molar-refractivity contribution >= 4 is 10.2 Å². The van der Waals surface area contributed by atoms with Crippen molar-refractivity contribution in [1.82, 2.24) is 9.03 Å². The summed E-state index contributed by atoms with van der Waals surface area (Å²) >= 11 is 0. The van der Waals surface area contributed by atoms with Gasteiger partial charge in [-0.2, -0.15) is 12.7 Å². The molecule has 0 saturated heterocycles. The van der Waals surface area contributed by atoms with E-state index in [1.807, 2.05) is 13.8 Å². The van der Waals surface area contributed by atoms with Crippen molar-refractivity contribution in [2.24, 2.45) is 5.92 Å². The summed E-state index contributed by atoms with van der Waals surface area (Å²) in [6.07, 6.45) is 3.17. The van der Waals surface area contributed by atoms with Gasteiger partial charge < -0.3 is 5.11 Å². The molecule has 0 aromatic heterocycles. The number of rotatable bonds is 5. The maximum atomic E-state index is 11.8. The Morgan fingerprint density at radius 1 is 1.29 bits per heavy atom. The van der Waals surface area contributed by atoms with E-state index in [0.29, 0.717) is 12.5 Å². The molecule has 1 fully saturated rings. The molecule has 17 heavy (non-hydrogen) atoms. The second-order valence-electron chi connectivity index (χ2n) is 5.14. The van der Waals surface area contributed by atoms with Crippen LogP contribution in [0.3, 0.4) is 0 Å². The van der Waals surface area contributed by atoms with Gasteiger partial charge in [0.1, 0.15) is 0 Å². The highest BCUT2D eigenvalue weighted by molar-refractivity contribution is 7.87. The van der Waals surface area contributed by atoms with Crippen LogP contribution >= 0.6 is 0 Å². The smallest absolute Gasteiger partial charge is 0.279 e. The fourth-order valence-electron chi connectivity index (χ4n) is 1.95. The predicted molar refractivity (Wildman–Crippen MR) is 67.8 cm³/mol. The zero-order chi connectivity index (χ0) is 13.1. The third-order valence-corrected chi connectivity index (χ3v) is 5.19. The van der Waals surface area contributed by atoms with E-state index in [9.17, 15) is 13.5 Å². The van der Waals surface area contributed by atoms with Gasteiger partial charge in [0.2, 0.25) is 0 Å². The molecule has 0 atom stereocenters. The SMILES string of the molecule is CC(C)N(C)S(=O)(=O)NCC1CCC(O)CC1. The van der Waals surface area contributed by atoms with Gasteiger partial charge >= 0.3 is 0 Å². The van der Waals surface area contributed by atoms with Crippen LogP contribution in [0.15, 0.2) is 0 Å². The molecule has 2 N–H and O–H groups in total. The molecule has 0 amide bonds. The van der Waals surface area contributed by atoms with Crippen LogP contribution in [-0.2, 0) is 10.2 Å². The largest absolute Gasteiger partial charge is 0.393 e. The Morgan fingerprint density at radius 3 is 2.29 bits per heavy atom. The van der Waals surface area contributed by atoms with Crippen LogP contribution in [0, 0.1) is 5.92 Å². The molecular weight excluding hydrogens is 240 g/mol. The van der Waals surface area contributed by atoms with Crippen molar-refractivity contribution in [1.29, 1.82) is 0 Å². The molecule has 1 aliphatic rings. The number of aliphatic hydroxyl groups excluding tert-OH is 1. The number of hydrogen-bond acceptors (Lipinski definition) is 3. The monoisotopic (exact) mass is 264 g/mol. The van der Waals surface area contributed by atoms with Crippen LogP contribution < -0.4 is 4.72 Å². The molecule has 1 aliphatic carbocycles. The molecule has 102 valence electrons. The van der Waals surface area contributed by atoms with Crippen LogP contribution in [-0.4, -0.2) is 43.6 Å². The second-order valence-corrected chi connectivity index (χ2v) is 6.95. The normalized spacial score (nSPS) is 26.7. The summed E-state index contributed by atoms with van der Waals surface area (Å²) in [5.74, 6) is 0.355.